The van der Waals surface area contributed by atoms with Gasteiger partial charge in [0.25, 0.3) is 0 Å². The molecule has 0 saturated carbocycles. The van der Waals surface area contributed by atoms with Gasteiger partial charge in [-0.3, -0.25) is 0 Å². The second-order valence-corrected chi connectivity index (χ2v) is 7.52. The van der Waals surface area contributed by atoms with Gasteiger partial charge in [0.15, 0.2) is 0 Å². The minimum absolute atomic E-state index is 0.253. The van der Waals surface area contributed by atoms with E-state index >= 15 is 0 Å². The number of hydrogen-bond donors (Lipinski definition) is 1. The van der Waals surface area contributed by atoms with Crippen LogP contribution in [0, 0.1) is 0 Å². The summed E-state index contributed by atoms with van der Waals surface area (Å²) in [5, 5.41) is 4.05. The van der Waals surface area contributed by atoms with Crippen LogP contribution in [0.3, 0.4) is 0 Å². The molecule has 0 aliphatic heterocycles. The van der Waals surface area contributed by atoms with Crippen LogP contribution >= 0.6 is 11.6 Å². The molecule has 0 saturated heterocycles. The van der Waals surface area contributed by atoms with E-state index in [4.69, 9.17) is 11.6 Å². The molecule has 1 unspecified atom stereocenters. The number of benzene rings is 1. The molecule has 5 heteroatoms. The molecule has 1 N–H and O–H groups in total. The summed E-state index contributed by atoms with van der Waals surface area (Å²) in [7, 11) is -2.87. The van der Waals surface area contributed by atoms with Crippen LogP contribution in [0.5, 0.6) is 0 Å². The van der Waals surface area contributed by atoms with Gasteiger partial charge >= 0.3 is 0 Å². The van der Waals surface area contributed by atoms with Crippen molar-refractivity contribution < 1.29 is 8.42 Å². The lowest BCUT2D eigenvalue weighted by molar-refractivity contribution is 0.549. The first-order valence-corrected chi connectivity index (χ1v) is 9.00. The van der Waals surface area contributed by atoms with Gasteiger partial charge in [0.1, 0.15) is 9.84 Å². The highest BCUT2D eigenvalue weighted by molar-refractivity contribution is 7.90. The Morgan fingerprint density at radius 2 is 1.89 bits per heavy atom. The Kier molecular flexibility index (Phi) is 6.83. The fourth-order valence-electron chi connectivity index (χ4n) is 2.03. The summed E-state index contributed by atoms with van der Waals surface area (Å²) in [4.78, 5) is 0. The molecule has 0 aliphatic rings. The van der Waals surface area contributed by atoms with Crippen molar-refractivity contribution in [2.45, 2.75) is 25.7 Å². The van der Waals surface area contributed by atoms with Crippen LogP contribution in [0.2, 0.25) is 5.02 Å². The molecule has 0 fully saturated rings. The molecule has 0 aliphatic carbocycles. The van der Waals surface area contributed by atoms with Gasteiger partial charge in [0, 0.05) is 23.6 Å². The Hall–Kier alpha value is -0.580. The first kappa shape index (κ1) is 16.5. The zero-order valence-electron chi connectivity index (χ0n) is 11.5. The van der Waals surface area contributed by atoms with Crippen LogP contribution < -0.4 is 5.32 Å². The molecule has 0 aromatic heterocycles. The third-order valence-electron chi connectivity index (χ3n) is 3.05. The van der Waals surface area contributed by atoms with Gasteiger partial charge in [-0.1, -0.05) is 30.7 Å². The van der Waals surface area contributed by atoms with Crippen molar-refractivity contribution in [3.8, 4) is 0 Å². The van der Waals surface area contributed by atoms with E-state index in [2.05, 4.69) is 12.2 Å². The molecule has 0 amide bonds. The minimum Gasteiger partial charge on any atom is -0.316 e. The maximum Gasteiger partial charge on any atom is 0.147 e. The Morgan fingerprint density at radius 3 is 2.42 bits per heavy atom. The fourth-order valence-corrected chi connectivity index (χ4v) is 2.85. The van der Waals surface area contributed by atoms with Crippen LogP contribution in [-0.4, -0.2) is 33.5 Å². The zero-order valence-corrected chi connectivity index (χ0v) is 13.1. The lowest BCUT2D eigenvalue weighted by Gasteiger charge is -2.17. The van der Waals surface area contributed by atoms with E-state index < -0.39 is 9.84 Å². The molecule has 1 rings (SSSR count). The average Bonchev–Trinajstić information content (AvgIpc) is 2.33. The summed E-state index contributed by atoms with van der Waals surface area (Å²) < 4.78 is 22.3. The smallest absolute Gasteiger partial charge is 0.147 e. The molecule has 108 valence electrons. The summed E-state index contributed by atoms with van der Waals surface area (Å²) in [5.74, 6) is 0.586. The number of rotatable bonds is 8. The van der Waals surface area contributed by atoms with Crippen LogP contribution in [0.15, 0.2) is 24.3 Å². The van der Waals surface area contributed by atoms with Crippen molar-refractivity contribution in [3.63, 3.8) is 0 Å². The quantitative estimate of drug-likeness (QED) is 0.803. The van der Waals surface area contributed by atoms with Crippen molar-refractivity contribution in [2.24, 2.45) is 0 Å². The Morgan fingerprint density at radius 1 is 1.26 bits per heavy atom. The summed E-state index contributed by atoms with van der Waals surface area (Å²) in [6.45, 7) is 3.84. The molecule has 1 atom stereocenters. The number of nitrogens with one attached hydrogen (secondary N) is 1. The Labute approximate surface area is 121 Å². The zero-order chi connectivity index (χ0) is 14.3. The third kappa shape index (κ3) is 6.95. The first-order chi connectivity index (χ1) is 8.92. The molecular weight excluding hydrogens is 282 g/mol. The van der Waals surface area contributed by atoms with E-state index in [1.54, 1.807) is 0 Å². The van der Waals surface area contributed by atoms with Gasteiger partial charge in [-0.05, 0) is 43.0 Å². The highest BCUT2D eigenvalue weighted by atomic mass is 35.5. The van der Waals surface area contributed by atoms with Crippen LogP contribution in [0.25, 0.3) is 0 Å². The normalized spacial score (nSPS) is 13.4. The molecular formula is C14H22ClNO2S. The first-order valence-electron chi connectivity index (χ1n) is 6.56. The van der Waals surface area contributed by atoms with Crippen LogP contribution in [0.4, 0.5) is 0 Å². The van der Waals surface area contributed by atoms with Gasteiger partial charge in [0.05, 0.1) is 0 Å². The molecule has 0 spiro atoms. The maximum atomic E-state index is 11.2. The van der Waals surface area contributed by atoms with Crippen molar-refractivity contribution in [3.05, 3.63) is 34.9 Å². The number of likely N-dealkylation sites (N-methyl/N-ethyl adjacent to an activating group) is 1. The maximum absolute atomic E-state index is 11.2. The lowest BCUT2D eigenvalue weighted by Crippen LogP contribution is -2.21. The highest BCUT2D eigenvalue weighted by Crippen LogP contribution is 2.22. The monoisotopic (exact) mass is 303 g/mol. The highest BCUT2D eigenvalue weighted by Gasteiger charge is 2.12. The van der Waals surface area contributed by atoms with E-state index in [0.717, 1.165) is 24.5 Å². The van der Waals surface area contributed by atoms with Crippen molar-refractivity contribution >= 4 is 21.4 Å². The number of hydrogen-bond acceptors (Lipinski definition) is 3. The van der Waals surface area contributed by atoms with Crippen molar-refractivity contribution in [1.29, 1.82) is 0 Å². The second kappa shape index (κ2) is 7.88. The van der Waals surface area contributed by atoms with E-state index in [-0.39, 0.29) is 5.75 Å². The summed E-state index contributed by atoms with van der Waals surface area (Å²) in [5.41, 5.74) is 1.21. The SMILES string of the molecule is CCNCC(CCCS(C)(=O)=O)c1ccc(Cl)cc1. The predicted octanol–water partition coefficient (Wildman–Crippen LogP) is 2.86. The Bertz CT molecular complexity index is 471. The topological polar surface area (TPSA) is 46.2 Å². The fraction of sp³-hybridized carbons (Fsp3) is 0.571. The molecule has 1 aromatic carbocycles. The molecule has 1 aromatic rings. The molecule has 0 radical (unpaired) electrons. The third-order valence-corrected chi connectivity index (χ3v) is 4.33. The molecule has 0 heterocycles. The number of sulfone groups is 1. The summed E-state index contributed by atoms with van der Waals surface area (Å²) >= 11 is 5.89. The van der Waals surface area contributed by atoms with Gasteiger partial charge in [-0.15, -0.1) is 0 Å². The van der Waals surface area contributed by atoms with Crippen LogP contribution in [-0.2, 0) is 9.84 Å². The van der Waals surface area contributed by atoms with E-state index in [1.165, 1.54) is 11.8 Å². The van der Waals surface area contributed by atoms with Gasteiger partial charge in [-0.2, -0.15) is 0 Å². The lowest BCUT2D eigenvalue weighted by atomic mass is 9.94. The largest absolute Gasteiger partial charge is 0.316 e. The summed E-state index contributed by atoms with van der Waals surface area (Å²) in [6, 6.07) is 7.80. The number of halogens is 1. The van der Waals surface area contributed by atoms with E-state index in [0.29, 0.717) is 12.3 Å². The standard InChI is InChI=1S/C14H22ClNO2S/c1-3-16-11-13(5-4-10-19(2,17)18)12-6-8-14(15)9-7-12/h6-9,13,16H,3-5,10-11H2,1-2H3. The van der Waals surface area contributed by atoms with Crippen molar-refractivity contribution in [2.75, 3.05) is 25.1 Å². The van der Waals surface area contributed by atoms with Gasteiger partial charge < -0.3 is 5.32 Å². The molecule has 3 nitrogen and oxygen atoms in total. The summed E-state index contributed by atoms with van der Waals surface area (Å²) in [6.07, 6.45) is 2.84. The second-order valence-electron chi connectivity index (χ2n) is 4.83. The minimum atomic E-state index is -2.87. The van der Waals surface area contributed by atoms with Crippen molar-refractivity contribution in [1.82, 2.24) is 5.32 Å². The Balaban J connectivity index is 2.63. The average molecular weight is 304 g/mol. The molecule has 19 heavy (non-hydrogen) atoms. The van der Waals surface area contributed by atoms with Gasteiger partial charge in [0.2, 0.25) is 0 Å². The van der Waals surface area contributed by atoms with E-state index in [9.17, 15) is 8.42 Å². The predicted molar refractivity (Wildman–Crippen MR) is 81.7 cm³/mol. The van der Waals surface area contributed by atoms with E-state index in [1.807, 2.05) is 24.3 Å². The van der Waals surface area contributed by atoms with Gasteiger partial charge in [-0.25, -0.2) is 8.42 Å². The van der Waals surface area contributed by atoms with Crippen LogP contribution in [0.1, 0.15) is 31.2 Å². The molecule has 0 bridgehead atoms.